The molecule has 2 atom stereocenters. The van der Waals surface area contributed by atoms with Crippen LogP contribution in [0.2, 0.25) is 18.1 Å². The largest absolute Gasteiger partial charge is 0.416 e. The first kappa shape index (κ1) is 20.4. The van der Waals surface area contributed by atoms with E-state index in [2.05, 4.69) is 43.9 Å². The lowest BCUT2D eigenvalue weighted by atomic mass is 10.0. The third-order valence-corrected chi connectivity index (χ3v) is 11.4. The van der Waals surface area contributed by atoms with Gasteiger partial charge in [-0.25, -0.2) is 14.1 Å². The third kappa shape index (κ3) is 3.59. The van der Waals surface area contributed by atoms with Gasteiger partial charge < -0.3 is 4.43 Å². The Morgan fingerprint density at radius 3 is 2.52 bits per heavy atom. The molecule has 0 saturated heterocycles. The number of hydrogen-bond donors (Lipinski definition) is 0. The van der Waals surface area contributed by atoms with Crippen molar-refractivity contribution in [1.82, 2.24) is 14.8 Å². The van der Waals surface area contributed by atoms with E-state index in [9.17, 15) is 9.18 Å². The van der Waals surface area contributed by atoms with Gasteiger partial charge in [0.25, 0.3) is 0 Å². The molecule has 156 valence electrons. The predicted octanol–water partition coefficient (Wildman–Crippen LogP) is 5.27. The second kappa shape index (κ2) is 6.84. The maximum Gasteiger partial charge on any atom is 0.218 e. The quantitative estimate of drug-likeness (QED) is 0.477. The van der Waals surface area contributed by atoms with Gasteiger partial charge in [0.2, 0.25) is 11.6 Å². The topological polar surface area (TPSA) is 57.0 Å². The highest BCUT2D eigenvalue weighted by atomic mass is 28.4. The monoisotopic (exact) mass is 415 g/mol. The Hall–Kier alpha value is -1.86. The first-order valence-corrected chi connectivity index (χ1v) is 13.3. The minimum atomic E-state index is -1.95. The zero-order valence-corrected chi connectivity index (χ0v) is 18.9. The van der Waals surface area contributed by atoms with E-state index in [1.807, 2.05) is 30.3 Å². The van der Waals surface area contributed by atoms with Crippen LogP contribution in [0, 0.1) is 5.41 Å². The summed E-state index contributed by atoms with van der Waals surface area (Å²) in [6.07, 6.45) is 0.678. The highest BCUT2D eigenvalue weighted by Gasteiger charge is 2.54. The molecule has 2 heterocycles. The van der Waals surface area contributed by atoms with Gasteiger partial charge >= 0.3 is 0 Å². The molecule has 4 rings (SSSR count). The van der Waals surface area contributed by atoms with Crippen molar-refractivity contribution in [2.24, 2.45) is 5.41 Å². The van der Waals surface area contributed by atoms with E-state index in [0.717, 1.165) is 18.4 Å². The first-order chi connectivity index (χ1) is 13.5. The highest BCUT2D eigenvalue weighted by Crippen LogP contribution is 2.50. The number of hydrogen-bond acceptors (Lipinski definition) is 4. The van der Waals surface area contributed by atoms with Gasteiger partial charge in [-0.05, 0) is 36.5 Å². The van der Waals surface area contributed by atoms with Crippen LogP contribution in [0.15, 0.2) is 30.3 Å². The molecule has 0 N–H and O–H groups in total. The van der Waals surface area contributed by atoms with Crippen molar-refractivity contribution in [2.45, 2.75) is 70.4 Å². The number of nitrogens with zero attached hydrogens (tertiary/aromatic N) is 3. The third-order valence-electron chi connectivity index (χ3n) is 6.90. The molecule has 0 bridgehead atoms. The summed E-state index contributed by atoms with van der Waals surface area (Å²) in [5.74, 6) is 0.306. The van der Waals surface area contributed by atoms with Crippen LogP contribution in [0.3, 0.4) is 0 Å². The Morgan fingerprint density at radius 2 is 1.93 bits per heavy atom. The number of carbonyl (C=O) groups excluding carboxylic acids is 1. The summed E-state index contributed by atoms with van der Waals surface area (Å²) in [7, 11) is -1.95. The minimum Gasteiger partial charge on any atom is -0.416 e. The van der Waals surface area contributed by atoms with Crippen LogP contribution in [0.25, 0.3) is 0 Å². The van der Waals surface area contributed by atoms with Crippen LogP contribution in [0.5, 0.6) is 0 Å². The number of carbonyl (C=O) groups is 1. The summed E-state index contributed by atoms with van der Waals surface area (Å²) in [4.78, 5) is 17.6. The van der Waals surface area contributed by atoms with Gasteiger partial charge in [-0.1, -0.05) is 51.1 Å². The van der Waals surface area contributed by atoms with E-state index in [0.29, 0.717) is 13.0 Å². The summed E-state index contributed by atoms with van der Waals surface area (Å²) in [6, 6.07) is 9.51. The number of Topliss-reactive ketones (excluding diaryl/α,β-unsaturated/α-hetero) is 1. The maximum absolute atomic E-state index is 14.6. The summed E-state index contributed by atoms with van der Waals surface area (Å²) < 4.78 is 22.6. The molecule has 1 aliphatic carbocycles. The van der Waals surface area contributed by atoms with Gasteiger partial charge in [0.15, 0.2) is 20.3 Å². The molecule has 5 nitrogen and oxygen atoms in total. The Morgan fingerprint density at radius 1 is 1.28 bits per heavy atom. The Labute approximate surface area is 172 Å². The molecule has 2 unspecified atom stereocenters. The molecule has 2 aliphatic rings. The number of halogens is 1. The normalized spacial score (nSPS) is 23.1. The van der Waals surface area contributed by atoms with Crippen molar-refractivity contribution in [3.63, 3.8) is 0 Å². The molecule has 0 radical (unpaired) electrons. The van der Waals surface area contributed by atoms with Gasteiger partial charge in [-0.2, -0.15) is 0 Å². The average molecular weight is 416 g/mol. The van der Waals surface area contributed by atoms with E-state index < -0.39 is 19.9 Å². The lowest BCUT2D eigenvalue weighted by Crippen LogP contribution is -2.43. The van der Waals surface area contributed by atoms with Crippen LogP contribution in [0.4, 0.5) is 4.39 Å². The van der Waals surface area contributed by atoms with Gasteiger partial charge in [0.1, 0.15) is 0 Å². The summed E-state index contributed by atoms with van der Waals surface area (Å²) in [5, 5.41) is 4.56. The maximum atomic E-state index is 14.6. The van der Waals surface area contributed by atoms with Gasteiger partial charge in [0, 0.05) is 13.0 Å². The summed E-state index contributed by atoms with van der Waals surface area (Å²) >= 11 is 0. The SMILES string of the molecule is CC(C)(C)[Si](C)(C)OCC1(C(=O)c2nc3n(n2)C(c2ccccc2)CC3F)CC1. The molecule has 29 heavy (non-hydrogen) atoms. The van der Waals surface area contributed by atoms with Gasteiger partial charge in [0.05, 0.1) is 11.5 Å². The number of benzene rings is 1. The van der Waals surface area contributed by atoms with E-state index in [1.54, 1.807) is 4.68 Å². The number of alkyl halides is 1. The molecule has 7 heteroatoms. The molecular weight excluding hydrogens is 385 g/mol. The smallest absolute Gasteiger partial charge is 0.218 e. The van der Waals surface area contributed by atoms with E-state index in [-0.39, 0.29) is 28.5 Å². The van der Waals surface area contributed by atoms with Crippen LogP contribution in [-0.2, 0) is 4.43 Å². The lowest BCUT2D eigenvalue weighted by Gasteiger charge is -2.37. The summed E-state index contributed by atoms with van der Waals surface area (Å²) in [6.45, 7) is 11.4. The van der Waals surface area contributed by atoms with Crippen molar-refractivity contribution in [2.75, 3.05) is 6.61 Å². The molecule has 0 amide bonds. The zero-order valence-electron chi connectivity index (χ0n) is 17.9. The van der Waals surface area contributed by atoms with E-state index in [4.69, 9.17) is 4.43 Å². The second-order valence-electron chi connectivity index (χ2n) is 10.0. The number of aromatic nitrogens is 3. The van der Waals surface area contributed by atoms with Crippen LogP contribution >= 0.6 is 0 Å². The fourth-order valence-electron chi connectivity index (χ4n) is 3.59. The number of ketones is 1. The zero-order chi connectivity index (χ0) is 21.0. The fourth-order valence-corrected chi connectivity index (χ4v) is 4.66. The molecular formula is C22H30FN3O2Si. The van der Waals surface area contributed by atoms with Crippen molar-refractivity contribution in [3.05, 3.63) is 47.5 Å². The number of fused-ring (bicyclic) bond motifs is 1. The van der Waals surface area contributed by atoms with Crippen LogP contribution in [-0.4, -0.2) is 35.5 Å². The van der Waals surface area contributed by atoms with E-state index >= 15 is 0 Å². The number of rotatable bonds is 6. The lowest BCUT2D eigenvalue weighted by molar-refractivity contribution is 0.0824. The molecule has 1 fully saturated rings. The van der Waals surface area contributed by atoms with Crippen molar-refractivity contribution in [3.8, 4) is 0 Å². The minimum absolute atomic E-state index is 0.0876. The molecule has 1 aromatic heterocycles. The van der Waals surface area contributed by atoms with Crippen LogP contribution < -0.4 is 0 Å². The van der Waals surface area contributed by atoms with Crippen molar-refractivity contribution in [1.29, 1.82) is 0 Å². The Balaban J connectivity index is 1.54. The Kier molecular flexibility index (Phi) is 4.81. The molecule has 1 aromatic carbocycles. The average Bonchev–Trinajstić information content (AvgIpc) is 3.23. The molecule has 1 saturated carbocycles. The predicted molar refractivity (Wildman–Crippen MR) is 112 cm³/mol. The fraction of sp³-hybridized carbons (Fsp3) is 0.591. The molecule has 0 spiro atoms. The molecule has 1 aliphatic heterocycles. The standard InChI is InChI=1S/C22H30FN3O2Si/c1-21(2,3)29(4,5)28-14-22(11-12-22)18(27)19-24-20-16(23)13-17(26(20)25-19)15-9-7-6-8-10-15/h6-10,16-17H,11-14H2,1-5H3. The molecule has 2 aromatic rings. The highest BCUT2D eigenvalue weighted by molar-refractivity contribution is 6.74. The van der Waals surface area contributed by atoms with Crippen LogP contribution in [0.1, 0.15) is 74.3 Å². The van der Waals surface area contributed by atoms with Gasteiger partial charge in [-0.15, -0.1) is 5.10 Å². The second-order valence-corrected chi connectivity index (χ2v) is 14.8. The van der Waals surface area contributed by atoms with Gasteiger partial charge in [-0.3, -0.25) is 4.79 Å². The summed E-state index contributed by atoms with van der Waals surface area (Å²) in [5.41, 5.74) is 0.451. The Bertz CT molecular complexity index is 916. The van der Waals surface area contributed by atoms with E-state index in [1.165, 1.54) is 0 Å². The van der Waals surface area contributed by atoms with Crippen molar-refractivity contribution >= 4 is 14.1 Å². The first-order valence-electron chi connectivity index (χ1n) is 10.4. The van der Waals surface area contributed by atoms with Crippen molar-refractivity contribution < 1.29 is 13.6 Å².